The molecule has 3 aromatic heterocycles. The number of anilines is 1. The van der Waals surface area contributed by atoms with E-state index in [-0.39, 0.29) is 18.0 Å². The Kier molecular flexibility index (Phi) is 5.34. The average molecular weight is 371 g/mol. The van der Waals surface area contributed by atoms with E-state index in [9.17, 15) is 9.59 Å². The van der Waals surface area contributed by atoms with Gasteiger partial charge in [-0.15, -0.1) is 0 Å². The van der Waals surface area contributed by atoms with Gasteiger partial charge < -0.3 is 10.1 Å². The van der Waals surface area contributed by atoms with Crippen LogP contribution in [0.5, 0.6) is 0 Å². The van der Waals surface area contributed by atoms with E-state index in [0.29, 0.717) is 12.2 Å². The van der Waals surface area contributed by atoms with Gasteiger partial charge in [0.1, 0.15) is 5.69 Å². The highest BCUT2D eigenvalue weighted by atomic mass is 16.5. The molecule has 0 unspecified atom stereocenters. The SMILES string of the molecule is CCOC(=O)c1cc(C(=O)Nc2cnn(Cc3cnn(CC)c3)c2)nn1C. The minimum Gasteiger partial charge on any atom is -0.461 e. The quantitative estimate of drug-likeness (QED) is 0.627. The van der Waals surface area contributed by atoms with E-state index < -0.39 is 11.9 Å². The Morgan fingerprint density at radius 3 is 2.63 bits per heavy atom. The topological polar surface area (TPSA) is 109 Å². The molecule has 0 aliphatic heterocycles. The van der Waals surface area contributed by atoms with Crippen LogP contribution in [0.3, 0.4) is 0 Å². The van der Waals surface area contributed by atoms with Crippen molar-refractivity contribution in [1.29, 1.82) is 0 Å². The predicted octanol–water partition coefficient (Wildman–Crippen LogP) is 1.31. The summed E-state index contributed by atoms with van der Waals surface area (Å²) in [5, 5.41) is 15.2. The molecule has 0 aliphatic rings. The molecule has 0 fully saturated rings. The third-order valence-electron chi connectivity index (χ3n) is 3.84. The number of hydrogen-bond acceptors (Lipinski definition) is 6. The van der Waals surface area contributed by atoms with Crippen LogP contribution >= 0.6 is 0 Å². The molecule has 3 heterocycles. The van der Waals surface area contributed by atoms with Crippen LogP contribution in [0.25, 0.3) is 0 Å². The molecule has 0 saturated heterocycles. The summed E-state index contributed by atoms with van der Waals surface area (Å²) in [6.45, 7) is 5.34. The molecule has 0 spiro atoms. The fourth-order valence-electron chi connectivity index (χ4n) is 2.53. The number of aromatic nitrogens is 6. The number of aryl methyl sites for hydroxylation is 2. The van der Waals surface area contributed by atoms with E-state index in [0.717, 1.165) is 12.1 Å². The second-order valence-electron chi connectivity index (χ2n) is 5.84. The van der Waals surface area contributed by atoms with Gasteiger partial charge in [0, 0.05) is 37.6 Å². The van der Waals surface area contributed by atoms with Gasteiger partial charge in [-0.3, -0.25) is 18.8 Å². The molecule has 0 aromatic carbocycles. The number of amides is 1. The lowest BCUT2D eigenvalue weighted by atomic mass is 10.3. The van der Waals surface area contributed by atoms with E-state index in [1.807, 2.05) is 17.8 Å². The Morgan fingerprint density at radius 1 is 1.15 bits per heavy atom. The Bertz CT molecular complexity index is 954. The number of rotatable bonds is 7. The number of nitrogens with one attached hydrogen (secondary N) is 1. The molecule has 3 aromatic rings. The maximum Gasteiger partial charge on any atom is 0.356 e. The van der Waals surface area contributed by atoms with Crippen LogP contribution in [0, 0.1) is 0 Å². The first-order valence-corrected chi connectivity index (χ1v) is 8.56. The van der Waals surface area contributed by atoms with Crippen molar-refractivity contribution >= 4 is 17.6 Å². The highest BCUT2D eigenvalue weighted by Crippen LogP contribution is 2.11. The van der Waals surface area contributed by atoms with Gasteiger partial charge in [0.2, 0.25) is 0 Å². The number of hydrogen-bond donors (Lipinski definition) is 1. The monoisotopic (exact) mass is 371 g/mol. The number of carbonyl (C=O) groups excluding carboxylic acids is 2. The van der Waals surface area contributed by atoms with Gasteiger partial charge >= 0.3 is 5.97 Å². The third-order valence-corrected chi connectivity index (χ3v) is 3.84. The second-order valence-corrected chi connectivity index (χ2v) is 5.84. The molecule has 10 heteroatoms. The highest BCUT2D eigenvalue weighted by Gasteiger charge is 2.18. The molecule has 0 saturated carbocycles. The summed E-state index contributed by atoms with van der Waals surface area (Å²) in [4.78, 5) is 24.2. The van der Waals surface area contributed by atoms with Gasteiger partial charge in [-0.25, -0.2) is 4.79 Å². The molecule has 0 atom stereocenters. The Balaban J connectivity index is 1.65. The van der Waals surface area contributed by atoms with Crippen molar-refractivity contribution in [2.24, 2.45) is 7.05 Å². The van der Waals surface area contributed by atoms with E-state index >= 15 is 0 Å². The van der Waals surface area contributed by atoms with Crippen LogP contribution < -0.4 is 5.32 Å². The van der Waals surface area contributed by atoms with E-state index in [1.54, 1.807) is 37.2 Å². The summed E-state index contributed by atoms with van der Waals surface area (Å²) < 4.78 is 9.80. The van der Waals surface area contributed by atoms with Crippen LogP contribution in [-0.2, 0) is 24.9 Å². The fourth-order valence-corrected chi connectivity index (χ4v) is 2.53. The Hall–Kier alpha value is -3.43. The van der Waals surface area contributed by atoms with Crippen molar-refractivity contribution in [2.45, 2.75) is 26.9 Å². The summed E-state index contributed by atoms with van der Waals surface area (Å²) in [5.74, 6) is -0.952. The molecule has 1 N–H and O–H groups in total. The molecular weight excluding hydrogens is 350 g/mol. The van der Waals surface area contributed by atoms with Gasteiger partial charge in [0.25, 0.3) is 5.91 Å². The maximum absolute atomic E-state index is 12.4. The van der Waals surface area contributed by atoms with Crippen molar-refractivity contribution in [3.8, 4) is 0 Å². The van der Waals surface area contributed by atoms with Crippen LogP contribution in [0.15, 0.2) is 30.9 Å². The van der Waals surface area contributed by atoms with Gasteiger partial charge in [-0.1, -0.05) is 0 Å². The zero-order valence-corrected chi connectivity index (χ0v) is 15.4. The zero-order chi connectivity index (χ0) is 19.4. The Labute approximate surface area is 155 Å². The van der Waals surface area contributed by atoms with Gasteiger partial charge in [-0.05, 0) is 13.8 Å². The van der Waals surface area contributed by atoms with Gasteiger partial charge in [0.15, 0.2) is 5.69 Å². The second kappa shape index (κ2) is 7.85. The Morgan fingerprint density at radius 2 is 1.93 bits per heavy atom. The third kappa shape index (κ3) is 4.22. The molecular formula is C17H21N7O3. The van der Waals surface area contributed by atoms with Gasteiger partial charge in [0.05, 0.1) is 31.2 Å². The summed E-state index contributed by atoms with van der Waals surface area (Å²) in [6.07, 6.45) is 7.01. The largest absolute Gasteiger partial charge is 0.461 e. The standard InChI is InChI=1S/C17H21N7O3/c1-4-23-9-12(7-18-23)10-24-11-13(8-19-24)20-16(25)14-6-15(22(3)21-14)17(26)27-5-2/h6-9,11H,4-5,10H2,1-3H3,(H,20,25). The normalized spacial score (nSPS) is 10.8. The lowest BCUT2D eigenvalue weighted by Crippen LogP contribution is -2.12. The number of esters is 1. The lowest BCUT2D eigenvalue weighted by molar-refractivity contribution is 0.0513. The first-order chi connectivity index (χ1) is 13.0. The van der Waals surface area contributed by atoms with Crippen molar-refractivity contribution in [2.75, 3.05) is 11.9 Å². The van der Waals surface area contributed by atoms with E-state index in [1.165, 1.54) is 10.7 Å². The van der Waals surface area contributed by atoms with E-state index in [2.05, 4.69) is 20.6 Å². The minimum atomic E-state index is -0.521. The highest BCUT2D eigenvalue weighted by molar-refractivity contribution is 6.04. The average Bonchev–Trinajstić information content (AvgIpc) is 3.36. The van der Waals surface area contributed by atoms with Crippen LogP contribution in [-0.4, -0.2) is 47.8 Å². The molecule has 3 rings (SSSR count). The first-order valence-electron chi connectivity index (χ1n) is 8.56. The minimum absolute atomic E-state index is 0.123. The van der Waals surface area contributed by atoms with Crippen molar-refractivity contribution < 1.29 is 14.3 Å². The number of ether oxygens (including phenoxy) is 1. The summed E-state index contributed by atoms with van der Waals surface area (Å²) in [6, 6.07) is 1.40. The van der Waals surface area contributed by atoms with Crippen molar-refractivity contribution in [3.63, 3.8) is 0 Å². The van der Waals surface area contributed by atoms with Crippen molar-refractivity contribution in [3.05, 3.63) is 47.8 Å². The predicted molar refractivity (Wildman–Crippen MR) is 96.3 cm³/mol. The molecule has 10 nitrogen and oxygen atoms in total. The molecule has 1 amide bonds. The van der Waals surface area contributed by atoms with Crippen molar-refractivity contribution in [1.82, 2.24) is 29.3 Å². The summed E-state index contributed by atoms with van der Waals surface area (Å²) in [5.41, 5.74) is 1.89. The summed E-state index contributed by atoms with van der Waals surface area (Å²) in [7, 11) is 1.58. The number of nitrogens with zero attached hydrogens (tertiary/aromatic N) is 6. The van der Waals surface area contributed by atoms with E-state index in [4.69, 9.17) is 4.74 Å². The zero-order valence-electron chi connectivity index (χ0n) is 15.4. The molecule has 142 valence electrons. The molecule has 0 radical (unpaired) electrons. The lowest BCUT2D eigenvalue weighted by Gasteiger charge is -1.99. The molecule has 0 bridgehead atoms. The van der Waals surface area contributed by atoms with Gasteiger partial charge in [-0.2, -0.15) is 15.3 Å². The first kappa shape index (κ1) is 18.4. The smallest absolute Gasteiger partial charge is 0.356 e. The number of carbonyl (C=O) groups is 2. The van der Waals surface area contributed by atoms with Crippen LogP contribution in [0.2, 0.25) is 0 Å². The van der Waals surface area contributed by atoms with Crippen LogP contribution in [0.1, 0.15) is 40.4 Å². The maximum atomic E-state index is 12.4. The molecule has 0 aliphatic carbocycles. The van der Waals surface area contributed by atoms with Crippen LogP contribution in [0.4, 0.5) is 5.69 Å². The molecule has 27 heavy (non-hydrogen) atoms. The summed E-state index contributed by atoms with van der Waals surface area (Å²) >= 11 is 0. The fraction of sp³-hybridized carbons (Fsp3) is 0.353.